The van der Waals surface area contributed by atoms with E-state index < -0.39 is 12.0 Å². The zero-order valence-corrected chi connectivity index (χ0v) is 21.4. The summed E-state index contributed by atoms with van der Waals surface area (Å²) in [5, 5.41) is 0. The van der Waals surface area contributed by atoms with E-state index in [4.69, 9.17) is 14.2 Å². The van der Waals surface area contributed by atoms with Gasteiger partial charge >= 0.3 is 5.97 Å². The largest absolute Gasteiger partial charge is 0.490 e. The van der Waals surface area contributed by atoms with E-state index in [-0.39, 0.29) is 11.1 Å². The molecular weight excluding hydrogens is 528 g/mol. The summed E-state index contributed by atoms with van der Waals surface area (Å²) < 4.78 is 19.5. The molecule has 3 aromatic rings. The number of nitrogens with zero attached hydrogens (tertiary/aromatic N) is 2. The van der Waals surface area contributed by atoms with Crippen molar-refractivity contribution < 1.29 is 19.0 Å². The van der Waals surface area contributed by atoms with E-state index in [1.54, 1.807) is 12.1 Å². The Morgan fingerprint density at radius 2 is 1.91 bits per heavy atom. The SMILES string of the molecule is CCOc1ccc([C@@H]2C(C(=O)OC)=CN=c3s/c(=C\c4ccc(Br)s4)c(=O)n32)cc1OCC. The van der Waals surface area contributed by atoms with E-state index in [0.717, 1.165) is 8.66 Å². The van der Waals surface area contributed by atoms with E-state index in [0.29, 0.717) is 39.6 Å². The molecule has 0 amide bonds. The minimum Gasteiger partial charge on any atom is -0.490 e. The van der Waals surface area contributed by atoms with Crippen molar-refractivity contribution in [2.75, 3.05) is 20.3 Å². The highest BCUT2D eigenvalue weighted by Crippen LogP contribution is 2.35. The molecule has 0 saturated heterocycles. The third-order valence-corrected chi connectivity index (χ3v) is 7.44. The zero-order chi connectivity index (χ0) is 23.5. The van der Waals surface area contributed by atoms with Gasteiger partial charge in [-0.05, 0) is 65.7 Å². The number of hydrogen-bond acceptors (Lipinski definition) is 8. The second-order valence-corrected chi connectivity index (χ2v) is 10.4. The van der Waals surface area contributed by atoms with Gasteiger partial charge in [0.15, 0.2) is 16.3 Å². The third kappa shape index (κ3) is 4.68. The Labute approximate surface area is 206 Å². The molecule has 1 aliphatic heterocycles. The average molecular weight is 549 g/mol. The smallest absolute Gasteiger partial charge is 0.337 e. The van der Waals surface area contributed by atoms with Gasteiger partial charge in [0.2, 0.25) is 0 Å². The average Bonchev–Trinajstić information content (AvgIpc) is 3.36. The minimum absolute atomic E-state index is 0.227. The van der Waals surface area contributed by atoms with Crippen molar-refractivity contribution in [3.63, 3.8) is 0 Å². The van der Waals surface area contributed by atoms with Crippen LogP contribution in [-0.2, 0) is 9.53 Å². The molecule has 0 N–H and O–H groups in total. The van der Waals surface area contributed by atoms with Gasteiger partial charge < -0.3 is 14.2 Å². The van der Waals surface area contributed by atoms with E-state index in [1.165, 1.54) is 40.6 Å². The number of hydrogen-bond donors (Lipinski definition) is 0. The fraction of sp³-hybridized carbons (Fsp3) is 0.261. The quantitative estimate of drug-likeness (QED) is 0.421. The molecule has 1 aliphatic rings. The van der Waals surface area contributed by atoms with Crippen molar-refractivity contribution in [3.05, 3.63) is 76.0 Å². The lowest BCUT2D eigenvalue weighted by atomic mass is 9.97. The van der Waals surface area contributed by atoms with Crippen molar-refractivity contribution in [2.45, 2.75) is 19.9 Å². The summed E-state index contributed by atoms with van der Waals surface area (Å²) in [7, 11) is 1.31. The molecule has 0 spiro atoms. The van der Waals surface area contributed by atoms with Crippen molar-refractivity contribution in [1.82, 2.24) is 4.57 Å². The number of rotatable bonds is 7. The second kappa shape index (κ2) is 10.1. The lowest BCUT2D eigenvalue weighted by Gasteiger charge is -2.23. The predicted octanol–water partition coefficient (Wildman–Crippen LogP) is 3.64. The summed E-state index contributed by atoms with van der Waals surface area (Å²) in [6, 6.07) is 8.58. The first-order chi connectivity index (χ1) is 16.0. The highest BCUT2D eigenvalue weighted by Gasteiger charge is 2.31. The highest BCUT2D eigenvalue weighted by atomic mass is 79.9. The van der Waals surface area contributed by atoms with Crippen LogP contribution in [0, 0.1) is 0 Å². The van der Waals surface area contributed by atoms with Crippen molar-refractivity contribution in [2.24, 2.45) is 4.99 Å². The number of esters is 1. The first-order valence-electron chi connectivity index (χ1n) is 10.2. The predicted molar refractivity (Wildman–Crippen MR) is 132 cm³/mol. The molecule has 0 fully saturated rings. The summed E-state index contributed by atoms with van der Waals surface area (Å²) in [5.41, 5.74) is 0.733. The van der Waals surface area contributed by atoms with Crippen LogP contribution in [0.25, 0.3) is 6.08 Å². The molecule has 3 heterocycles. The van der Waals surface area contributed by atoms with Gasteiger partial charge in [-0.2, -0.15) is 0 Å². The molecule has 0 radical (unpaired) electrons. The number of benzene rings is 1. The van der Waals surface area contributed by atoms with Crippen LogP contribution in [-0.4, -0.2) is 30.9 Å². The number of carbonyl (C=O) groups excluding carboxylic acids is 1. The van der Waals surface area contributed by atoms with Gasteiger partial charge in [-0.25, -0.2) is 9.79 Å². The lowest BCUT2D eigenvalue weighted by molar-refractivity contribution is -0.136. The number of carbonyl (C=O) groups is 1. The fourth-order valence-electron chi connectivity index (χ4n) is 3.52. The molecule has 7 nitrogen and oxygen atoms in total. The Bertz CT molecular complexity index is 1400. The molecule has 1 atom stereocenters. The first kappa shape index (κ1) is 23.5. The summed E-state index contributed by atoms with van der Waals surface area (Å²) in [6.45, 7) is 4.71. The van der Waals surface area contributed by atoms with Gasteiger partial charge in [0, 0.05) is 11.1 Å². The highest BCUT2D eigenvalue weighted by molar-refractivity contribution is 9.11. The standard InChI is InChI=1S/C23H21BrN2O5S2/c1-4-30-16-8-6-13(10-17(16)31-5-2)20-15(22(28)29-3)12-25-23-26(20)21(27)18(33-23)11-14-7-9-19(24)32-14/h6-12,20H,4-5H2,1-3H3/b18-11-/t20-/m1/s1. The van der Waals surface area contributed by atoms with Crippen LogP contribution in [0.5, 0.6) is 11.5 Å². The van der Waals surface area contributed by atoms with Gasteiger partial charge in [0.05, 0.1) is 40.3 Å². The maximum atomic E-state index is 13.5. The maximum Gasteiger partial charge on any atom is 0.337 e. The number of ether oxygens (including phenoxy) is 3. The number of halogens is 1. The number of aromatic nitrogens is 1. The summed E-state index contributed by atoms with van der Waals surface area (Å²) in [4.78, 5) is 31.9. The van der Waals surface area contributed by atoms with Gasteiger partial charge in [0.25, 0.3) is 5.56 Å². The van der Waals surface area contributed by atoms with Gasteiger partial charge in [0.1, 0.15) is 0 Å². The molecule has 0 bridgehead atoms. The van der Waals surface area contributed by atoms with Crippen molar-refractivity contribution in [1.29, 1.82) is 0 Å². The summed E-state index contributed by atoms with van der Waals surface area (Å²) in [6.07, 6.45) is 3.31. The molecule has 2 aromatic heterocycles. The molecule has 1 aromatic carbocycles. The van der Waals surface area contributed by atoms with Crippen LogP contribution in [0.1, 0.15) is 30.3 Å². The Kier molecular flexibility index (Phi) is 7.16. The zero-order valence-electron chi connectivity index (χ0n) is 18.2. The van der Waals surface area contributed by atoms with Crippen LogP contribution in [0.2, 0.25) is 0 Å². The molecule has 10 heteroatoms. The monoisotopic (exact) mass is 548 g/mol. The summed E-state index contributed by atoms with van der Waals surface area (Å²) in [5.74, 6) is 0.595. The van der Waals surface area contributed by atoms with Crippen LogP contribution in [0.4, 0.5) is 0 Å². The van der Waals surface area contributed by atoms with Crippen LogP contribution in [0.15, 0.2) is 55.7 Å². The van der Waals surface area contributed by atoms with Crippen LogP contribution in [0.3, 0.4) is 0 Å². The van der Waals surface area contributed by atoms with E-state index >= 15 is 0 Å². The number of thiophene rings is 1. The molecule has 172 valence electrons. The second-order valence-electron chi connectivity index (χ2n) is 6.89. The molecule has 0 aliphatic carbocycles. The van der Waals surface area contributed by atoms with Crippen molar-refractivity contribution >= 4 is 50.6 Å². The normalized spacial score (nSPS) is 15.5. The van der Waals surface area contributed by atoms with Gasteiger partial charge in [-0.15, -0.1) is 11.3 Å². The molecule has 4 rings (SSSR count). The molecule has 0 unspecified atom stereocenters. The first-order valence-corrected chi connectivity index (χ1v) is 12.6. The minimum atomic E-state index is -0.708. The van der Waals surface area contributed by atoms with Gasteiger partial charge in [-0.1, -0.05) is 17.4 Å². The van der Waals surface area contributed by atoms with Gasteiger partial charge in [-0.3, -0.25) is 9.36 Å². The Balaban J connectivity index is 1.90. The molecular formula is C23H21BrN2O5S2. The number of methoxy groups -OCH3 is 1. The maximum absolute atomic E-state index is 13.5. The molecule has 33 heavy (non-hydrogen) atoms. The van der Waals surface area contributed by atoms with E-state index in [9.17, 15) is 9.59 Å². The van der Waals surface area contributed by atoms with Crippen LogP contribution >= 0.6 is 38.6 Å². The Morgan fingerprint density at radius 3 is 2.58 bits per heavy atom. The lowest BCUT2D eigenvalue weighted by Crippen LogP contribution is -2.39. The Morgan fingerprint density at radius 1 is 1.15 bits per heavy atom. The third-order valence-electron chi connectivity index (χ3n) is 4.88. The van der Waals surface area contributed by atoms with E-state index in [2.05, 4.69) is 20.9 Å². The topological polar surface area (TPSA) is 79.1 Å². The number of thiazole rings is 1. The van der Waals surface area contributed by atoms with Crippen LogP contribution < -0.4 is 24.4 Å². The Hall–Kier alpha value is -2.69. The summed E-state index contributed by atoms with van der Waals surface area (Å²) >= 11 is 6.25. The van der Waals surface area contributed by atoms with E-state index in [1.807, 2.05) is 38.1 Å². The number of fused-ring (bicyclic) bond motifs is 1. The fourth-order valence-corrected chi connectivity index (χ4v) is 5.92. The van der Waals surface area contributed by atoms with Crippen molar-refractivity contribution in [3.8, 4) is 11.5 Å². The molecule has 0 saturated carbocycles.